The molecule has 0 aromatic heterocycles. The van der Waals surface area contributed by atoms with Gasteiger partial charge in [0.25, 0.3) is 0 Å². The van der Waals surface area contributed by atoms with Crippen LogP contribution in [0.15, 0.2) is 84.7 Å². The van der Waals surface area contributed by atoms with Crippen molar-refractivity contribution in [3.8, 4) is 16.9 Å². The van der Waals surface area contributed by atoms with Gasteiger partial charge in [0.05, 0.1) is 45.5 Å². The first kappa shape index (κ1) is 48.4. The minimum atomic E-state index is -0.742. The number of aldehydes is 1. The number of aryl methyl sites for hydroxylation is 2. The van der Waals surface area contributed by atoms with Gasteiger partial charge < -0.3 is 20.3 Å². The van der Waals surface area contributed by atoms with Crippen LogP contribution >= 0.6 is 0 Å². The molecule has 2 unspecified atom stereocenters. The summed E-state index contributed by atoms with van der Waals surface area (Å²) in [6.45, 7) is 21.1. The Hall–Kier alpha value is -4.71. The van der Waals surface area contributed by atoms with Gasteiger partial charge in [-0.25, -0.2) is 13.2 Å². The van der Waals surface area contributed by atoms with Crippen molar-refractivity contribution in [1.29, 1.82) is 0 Å². The molecule has 0 saturated carbocycles. The van der Waals surface area contributed by atoms with Crippen LogP contribution in [0.1, 0.15) is 94.3 Å². The summed E-state index contributed by atoms with van der Waals surface area (Å²) in [5, 5.41) is 22.6. The summed E-state index contributed by atoms with van der Waals surface area (Å²) in [7, 11) is 2.03. The number of esters is 1. The van der Waals surface area contributed by atoms with E-state index in [9.17, 15) is 33.0 Å². The van der Waals surface area contributed by atoms with E-state index in [0.717, 1.165) is 30.5 Å². The summed E-state index contributed by atoms with van der Waals surface area (Å²) >= 11 is 0. The summed E-state index contributed by atoms with van der Waals surface area (Å²) < 4.78 is 47.9. The first-order chi connectivity index (χ1) is 27.1. The number of carbonyl (C=O) groups excluding carboxylic acids is 2. The fourth-order valence-electron chi connectivity index (χ4n) is 6.67. The lowest BCUT2D eigenvalue weighted by atomic mass is 9.92. The fraction of sp³-hybridized carbons (Fsp3) is 0.435. The second-order valence-corrected chi connectivity index (χ2v) is 14.3. The van der Waals surface area contributed by atoms with Crippen LogP contribution in [0.5, 0.6) is 5.75 Å². The molecule has 0 amide bonds. The van der Waals surface area contributed by atoms with Crippen molar-refractivity contribution in [3.63, 3.8) is 0 Å². The van der Waals surface area contributed by atoms with Crippen LogP contribution in [-0.4, -0.2) is 77.9 Å². The number of quaternary nitrogens is 1. The molecule has 1 saturated heterocycles. The summed E-state index contributed by atoms with van der Waals surface area (Å²) in [6.07, 6.45) is 6.11. The molecule has 1 heterocycles. The van der Waals surface area contributed by atoms with Gasteiger partial charge in [0.15, 0.2) is 0 Å². The number of phenolic OH excluding ortho intramolecular Hbond substituents is 1. The zero-order chi connectivity index (χ0) is 42.9. The molecule has 0 radical (unpaired) electrons. The lowest BCUT2D eigenvalue weighted by Crippen LogP contribution is -2.48. The Kier molecular flexibility index (Phi) is 20.0. The number of halogens is 3. The number of ether oxygens (including phenoxy) is 1. The second kappa shape index (κ2) is 23.5. The first-order valence-corrected chi connectivity index (χ1v) is 19.7. The van der Waals surface area contributed by atoms with Crippen molar-refractivity contribution in [1.82, 2.24) is 10.2 Å². The Morgan fingerprint density at radius 1 is 1.09 bits per heavy atom. The normalized spacial score (nSPS) is 15.4. The van der Waals surface area contributed by atoms with E-state index in [-0.39, 0.29) is 37.2 Å². The molecule has 0 spiro atoms. The zero-order valence-electron chi connectivity index (χ0n) is 35.2. The van der Waals surface area contributed by atoms with E-state index < -0.39 is 24.0 Å². The number of alkyl halides is 1. The Morgan fingerprint density at radius 2 is 1.77 bits per heavy atom. The highest BCUT2D eigenvalue weighted by Gasteiger charge is 2.31. The number of benzene rings is 3. The van der Waals surface area contributed by atoms with Crippen LogP contribution in [0.3, 0.4) is 0 Å². The third kappa shape index (κ3) is 13.7. The molecule has 0 bridgehead atoms. The highest BCUT2D eigenvalue weighted by Crippen LogP contribution is 2.36. The van der Waals surface area contributed by atoms with Crippen LogP contribution < -0.4 is 5.32 Å². The van der Waals surface area contributed by atoms with Gasteiger partial charge in [0, 0.05) is 41.9 Å². The number of nitrogens with zero attached hydrogens (tertiary/aromatic N) is 2. The largest absolute Gasteiger partial charge is 0.507 e. The quantitative estimate of drug-likeness (QED) is 0.0412. The monoisotopic (exact) mass is 794 g/mol. The van der Waals surface area contributed by atoms with Crippen molar-refractivity contribution < 1.29 is 42.2 Å². The number of aliphatic hydroxyl groups is 1. The van der Waals surface area contributed by atoms with Crippen molar-refractivity contribution in [2.45, 2.75) is 93.1 Å². The van der Waals surface area contributed by atoms with Gasteiger partial charge in [-0.15, -0.1) is 0 Å². The smallest absolute Gasteiger partial charge is 0.308 e. The Bertz CT molecular complexity index is 1840. The number of aliphatic hydroxyl groups excluding tert-OH is 1. The highest BCUT2D eigenvalue weighted by atomic mass is 19.1. The molecule has 1 aliphatic heterocycles. The highest BCUT2D eigenvalue weighted by molar-refractivity contribution is 5.75. The van der Waals surface area contributed by atoms with E-state index in [1.165, 1.54) is 12.3 Å². The van der Waals surface area contributed by atoms with Crippen molar-refractivity contribution in [3.05, 3.63) is 124 Å². The molecule has 312 valence electrons. The average Bonchev–Trinajstić information content (AvgIpc) is 3.18. The lowest BCUT2D eigenvalue weighted by Gasteiger charge is -2.37. The molecule has 3 atom stereocenters. The minimum Gasteiger partial charge on any atom is -0.507 e. The summed E-state index contributed by atoms with van der Waals surface area (Å²) in [6, 6.07) is 12.5. The molecular weight excluding hydrogens is 732 g/mol. The van der Waals surface area contributed by atoms with Crippen LogP contribution in [0.2, 0.25) is 0 Å². The van der Waals surface area contributed by atoms with E-state index >= 15 is 0 Å². The Labute approximate surface area is 338 Å². The standard InChI is InChI=1S/C23H33F2N2O2.C21H24FNO3.C2H6/c1-5-27(4,18(3)22-11-20(16-29)6-7-23(22)25)14-19(10-17(2)15-28)8-9-26-12-21(24)13-26;1-5-23-17(12-19(25)26-6-2)16-11-15(10-14(4)21(16)22)20-13(3)8-7-9-18(20)24;1-2/h6-7,10-11,14-15,18,21,29H,5,8-9,12-13,16H2,1-4H3;5,7-11,17,23-24H,1,6,12H2,2-4H3;1-2H3/q+1;;/b17-10-,19-14-;;/t;17-;/m.0./s1. The molecule has 11 heteroatoms. The van der Waals surface area contributed by atoms with E-state index in [2.05, 4.69) is 18.1 Å². The zero-order valence-corrected chi connectivity index (χ0v) is 35.2. The van der Waals surface area contributed by atoms with Gasteiger partial charge in [0.1, 0.15) is 35.9 Å². The van der Waals surface area contributed by atoms with Gasteiger partial charge in [-0.2, -0.15) is 0 Å². The second-order valence-electron chi connectivity index (χ2n) is 14.3. The molecule has 57 heavy (non-hydrogen) atoms. The molecule has 0 aliphatic carbocycles. The van der Waals surface area contributed by atoms with Crippen molar-refractivity contribution in [2.24, 2.45) is 0 Å². The molecule has 8 nitrogen and oxygen atoms in total. The number of aromatic hydroxyl groups is 1. The summed E-state index contributed by atoms with van der Waals surface area (Å²) in [5.41, 5.74) is 5.79. The summed E-state index contributed by atoms with van der Waals surface area (Å²) in [5.74, 6) is -0.990. The predicted molar refractivity (Wildman–Crippen MR) is 223 cm³/mol. The number of phenols is 1. The number of nitrogens with one attached hydrogen (secondary N) is 1. The van der Waals surface area contributed by atoms with E-state index in [0.29, 0.717) is 62.9 Å². The van der Waals surface area contributed by atoms with E-state index in [4.69, 9.17) is 4.74 Å². The average molecular weight is 795 g/mol. The van der Waals surface area contributed by atoms with Gasteiger partial charge in [-0.1, -0.05) is 38.6 Å². The molecule has 3 aromatic carbocycles. The molecule has 3 N–H and O–H groups in total. The molecular formula is C46H63F3N3O5+. The third-order valence-electron chi connectivity index (χ3n) is 10.1. The van der Waals surface area contributed by atoms with Gasteiger partial charge in [0.2, 0.25) is 0 Å². The number of carbonyl (C=O) groups is 2. The van der Waals surface area contributed by atoms with Gasteiger partial charge in [-0.05, 0) is 118 Å². The van der Waals surface area contributed by atoms with E-state index in [1.54, 1.807) is 57.2 Å². The van der Waals surface area contributed by atoms with Crippen LogP contribution in [0, 0.1) is 25.5 Å². The predicted octanol–water partition coefficient (Wildman–Crippen LogP) is 9.49. The molecule has 1 aliphatic rings. The number of allylic oxidation sites excluding steroid dienone is 2. The van der Waals surface area contributed by atoms with E-state index in [1.807, 2.05) is 58.7 Å². The summed E-state index contributed by atoms with van der Waals surface area (Å²) in [4.78, 5) is 25.1. The molecule has 4 rings (SSSR count). The van der Waals surface area contributed by atoms with Gasteiger partial charge in [-0.3, -0.25) is 19.0 Å². The number of likely N-dealkylation sites (tertiary alicyclic amines) is 1. The van der Waals surface area contributed by atoms with Crippen LogP contribution in [-0.2, 0) is 20.9 Å². The Balaban J connectivity index is 0.000000379. The fourth-order valence-corrected chi connectivity index (χ4v) is 6.67. The molecule has 1 fully saturated rings. The topological polar surface area (TPSA) is 99.1 Å². The van der Waals surface area contributed by atoms with Crippen LogP contribution in [0.25, 0.3) is 11.1 Å². The first-order valence-electron chi connectivity index (χ1n) is 19.7. The Morgan fingerprint density at radius 3 is 2.33 bits per heavy atom. The van der Waals surface area contributed by atoms with Crippen molar-refractivity contribution >= 4 is 12.3 Å². The number of hydrogen-bond donors (Lipinski definition) is 3. The number of hydrogen-bond acceptors (Lipinski definition) is 7. The maximum Gasteiger partial charge on any atom is 0.308 e. The SMILES string of the molecule is C=CN[C@@H](CC(=O)OCC)c1cc(-c2c(C)cccc2O)cc(C)c1F.CC.CC[N+](C)(/C=C(\C=C(\C)C=O)CCN1CC(F)C1)C(C)c1cc(CO)ccc1F. The molecule has 3 aromatic rings. The maximum absolute atomic E-state index is 14.8. The maximum atomic E-state index is 14.8. The lowest BCUT2D eigenvalue weighted by molar-refractivity contribution is -0.888. The minimum absolute atomic E-state index is 0.0283. The van der Waals surface area contributed by atoms with Gasteiger partial charge >= 0.3 is 5.97 Å². The third-order valence-corrected chi connectivity index (χ3v) is 10.1. The van der Waals surface area contributed by atoms with Crippen molar-refractivity contribution in [2.75, 3.05) is 39.8 Å². The van der Waals surface area contributed by atoms with Crippen LogP contribution in [0.4, 0.5) is 13.2 Å². The number of rotatable bonds is 17.